The van der Waals surface area contributed by atoms with Crippen LogP contribution in [0.25, 0.3) is 11.0 Å². The summed E-state index contributed by atoms with van der Waals surface area (Å²) in [5.41, 5.74) is 6.41. The fourth-order valence-electron chi connectivity index (χ4n) is 3.14. The van der Waals surface area contributed by atoms with Crippen LogP contribution in [0.1, 0.15) is 13.2 Å². The minimum Gasteiger partial charge on any atom is -0.434 e. The SMILES string of the molecule is CC(=O)OCO[P+]1(C)OC[C@H]2O[C@@H](n3ccc4c(N)ncnc43)C(O)[C@@H]2O1. The van der Waals surface area contributed by atoms with Crippen molar-refractivity contribution >= 4 is 30.8 Å². The van der Waals surface area contributed by atoms with E-state index in [-0.39, 0.29) is 13.4 Å². The Morgan fingerprint density at radius 3 is 3.11 bits per heavy atom. The van der Waals surface area contributed by atoms with E-state index in [1.165, 1.54) is 13.3 Å². The molecule has 2 aliphatic rings. The van der Waals surface area contributed by atoms with Gasteiger partial charge in [0.2, 0.25) is 6.79 Å². The van der Waals surface area contributed by atoms with Crippen LogP contribution >= 0.6 is 7.94 Å². The molecule has 2 aliphatic heterocycles. The zero-order valence-corrected chi connectivity index (χ0v) is 15.6. The fraction of sp³-hybridized carbons (Fsp3) is 0.533. The molecule has 0 aromatic carbocycles. The molecule has 2 aromatic rings. The molecular formula is C15H20N4O7P+. The van der Waals surface area contributed by atoms with Gasteiger partial charge < -0.3 is 24.9 Å². The molecule has 0 bridgehead atoms. The van der Waals surface area contributed by atoms with Crippen molar-refractivity contribution in [2.45, 2.75) is 31.5 Å². The van der Waals surface area contributed by atoms with Crippen LogP contribution in [0.4, 0.5) is 5.82 Å². The van der Waals surface area contributed by atoms with Gasteiger partial charge in [0, 0.05) is 13.1 Å². The van der Waals surface area contributed by atoms with E-state index < -0.39 is 38.5 Å². The predicted molar refractivity (Wildman–Crippen MR) is 93.2 cm³/mol. The molecule has 2 aromatic heterocycles. The van der Waals surface area contributed by atoms with Crippen molar-refractivity contribution in [1.82, 2.24) is 14.5 Å². The van der Waals surface area contributed by atoms with Gasteiger partial charge in [-0.15, -0.1) is 4.52 Å². The average molecular weight is 399 g/mol. The highest BCUT2D eigenvalue weighted by Gasteiger charge is 2.58. The Labute approximate surface area is 154 Å². The van der Waals surface area contributed by atoms with Crippen LogP contribution < -0.4 is 5.73 Å². The number of hydrogen-bond acceptors (Lipinski definition) is 10. The first-order chi connectivity index (χ1) is 12.9. The molecule has 0 saturated carbocycles. The monoisotopic (exact) mass is 399 g/mol. The number of aliphatic hydroxyl groups excluding tert-OH is 1. The summed E-state index contributed by atoms with van der Waals surface area (Å²) >= 11 is 0. The Bertz CT molecular complexity index is 864. The number of fused-ring (bicyclic) bond motifs is 2. The largest absolute Gasteiger partial charge is 0.434 e. The molecule has 0 radical (unpaired) electrons. The molecule has 146 valence electrons. The minimum absolute atomic E-state index is 0.179. The van der Waals surface area contributed by atoms with Gasteiger partial charge in [-0.3, -0.25) is 4.79 Å². The second kappa shape index (κ2) is 6.93. The molecule has 12 heteroatoms. The number of anilines is 1. The number of nitrogens with two attached hydrogens (primary N) is 1. The van der Waals surface area contributed by atoms with E-state index in [9.17, 15) is 9.90 Å². The number of hydrogen-bond donors (Lipinski definition) is 2. The Balaban J connectivity index is 1.52. The summed E-state index contributed by atoms with van der Waals surface area (Å²) in [5.74, 6) is -0.123. The van der Waals surface area contributed by atoms with Crippen molar-refractivity contribution in [3.05, 3.63) is 18.6 Å². The third kappa shape index (κ3) is 3.38. The van der Waals surface area contributed by atoms with Gasteiger partial charge in [-0.05, 0) is 6.07 Å². The summed E-state index contributed by atoms with van der Waals surface area (Å²) in [7, 11) is -2.76. The number of esters is 1. The molecule has 2 saturated heterocycles. The number of rotatable bonds is 4. The van der Waals surface area contributed by atoms with Crippen LogP contribution in [0.3, 0.4) is 0 Å². The molecule has 5 atom stereocenters. The van der Waals surface area contributed by atoms with Crippen molar-refractivity contribution in [3.63, 3.8) is 0 Å². The molecule has 0 amide bonds. The van der Waals surface area contributed by atoms with E-state index in [1.807, 2.05) is 0 Å². The zero-order chi connectivity index (χ0) is 19.2. The molecule has 2 fully saturated rings. The number of nitrogens with zero attached hydrogens (tertiary/aromatic N) is 3. The number of aliphatic hydroxyl groups is 1. The molecular weight excluding hydrogens is 379 g/mol. The van der Waals surface area contributed by atoms with Gasteiger partial charge in [0.25, 0.3) is 0 Å². The molecule has 0 spiro atoms. The van der Waals surface area contributed by atoms with Crippen LogP contribution in [-0.4, -0.2) is 64.0 Å². The Morgan fingerprint density at radius 2 is 2.33 bits per heavy atom. The van der Waals surface area contributed by atoms with Crippen molar-refractivity contribution < 1.29 is 32.9 Å². The van der Waals surface area contributed by atoms with Gasteiger partial charge in [0.05, 0.1) is 5.39 Å². The van der Waals surface area contributed by atoms with E-state index in [4.69, 9.17) is 28.8 Å². The molecule has 4 rings (SSSR count). The van der Waals surface area contributed by atoms with Crippen LogP contribution in [0.5, 0.6) is 0 Å². The smallest absolute Gasteiger partial charge is 0.412 e. The van der Waals surface area contributed by atoms with Crippen LogP contribution in [0.15, 0.2) is 18.6 Å². The molecule has 2 unspecified atom stereocenters. The average Bonchev–Trinajstić information content (AvgIpc) is 3.17. The van der Waals surface area contributed by atoms with Crippen molar-refractivity contribution in [2.24, 2.45) is 0 Å². The topological polar surface area (TPSA) is 140 Å². The summed E-state index contributed by atoms with van der Waals surface area (Å²) in [5, 5.41) is 11.5. The van der Waals surface area contributed by atoms with Gasteiger partial charge in [-0.1, -0.05) is 0 Å². The van der Waals surface area contributed by atoms with Gasteiger partial charge in [-0.25, -0.2) is 9.97 Å². The lowest BCUT2D eigenvalue weighted by Gasteiger charge is -2.29. The van der Waals surface area contributed by atoms with E-state index in [1.54, 1.807) is 23.5 Å². The molecule has 11 nitrogen and oxygen atoms in total. The van der Waals surface area contributed by atoms with Crippen molar-refractivity contribution in [1.29, 1.82) is 0 Å². The number of ether oxygens (including phenoxy) is 2. The van der Waals surface area contributed by atoms with Gasteiger partial charge in [-0.2, -0.15) is 9.05 Å². The lowest BCUT2D eigenvalue weighted by atomic mass is 10.1. The normalized spacial score (nSPS) is 33.1. The molecule has 3 N–H and O–H groups in total. The summed E-state index contributed by atoms with van der Waals surface area (Å²) in [6, 6.07) is 1.76. The third-order valence-corrected chi connectivity index (χ3v) is 6.28. The fourth-order valence-corrected chi connectivity index (χ4v) is 4.70. The highest BCUT2D eigenvalue weighted by Crippen LogP contribution is 2.63. The first-order valence-corrected chi connectivity index (χ1v) is 10.2. The second-order valence-corrected chi connectivity index (χ2v) is 8.56. The Hall–Kier alpha value is -1.88. The molecule has 4 heterocycles. The van der Waals surface area contributed by atoms with Gasteiger partial charge >= 0.3 is 13.9 Å². The molecule has 27 heavy (non-hydrogen) atoms. The highest BCUT2D eigenvalue weighted by atomic mass is 31.2. The minimum atomic E-state index is -2.76. The van der Waals surface area contributed by atoms with E-state index in [2.05, 4.69) is 9.97 Å². The van der Waals surface area contributed by atoms with Crippen molar-refractivity contribution in [3.8, 4) is 0 Å². The summed E-state index contributed by atoms with van der Waals surface area (Å²) < 4.78 is 29.4. The Morgan fingerprint density at radius 1 is 1.52 bits per heavy atom. The van der Waals surface area contributed by atoms with Crippen molar-refractivity contribution in [2.75, 3.05) is 25.8 Å². The summed E-state index contributed by atoms with van der Waals surface area (Å²) in [6.45, 7) is 2.82. The maximum atomic E-state index is 10.9. The summed E-state index contributed by atoms with van der Waals surface area (Å²) in [6.07, 6.45) is 0.238. The lowest BCUT2D eigenvalue weighted by Crippen LogP contribution is -2.41. The second-order valence-electron chi connectivity index (χ2n) is 6.29. The van der Waals surface area contributed by atoms with Crippen LogP contribution in [0, 0.1) is 0 Å². The third-order valence-electron chi connectivity index (χ3n) is 4.46. The van der Waals surface area contributed by atoms with Gasteiger partial charge in [0.1, 0.15) is 43.3 Å². The quantitative estimate of drug-likeness (QED) is 0.427. The van der Waals surface area contributed by atoms with E-state index in [0.29, 0.717) is 16.9 Å². The predicted octanol–water partition coefficient (Wildman–Crippen LogP) is 0.617. The van der Waals surface area contributed by atoms with Crippen LogP contribution in [0.2, 0.25) is 0 Å². The van der Waals surface area contributed by atoms with Gasteiger partial charge in [0.15, 0.2) is 12.3 Å². The van der Waals surface area contributed by atoms with Crippen LogP contribution in [-0.2, 0) is 27.8 Å². The zero-order valence-electron chi connectivity index (χ0n) is 14.7. The first kappa shape index (κ1) is 18.5. The maximum Gasteiger partial charge on any atom is 0.412 e. The first-order valence-electron chi connectivity index (χ1n) is 8.26. The summed E-state index contributed by atoms with van der Waals surface area (Å²) in [4.78, 5) is 19.1. The van der Waals surface area contributed by atoms with E-state index >= 15 is 0 Å². The lowest BCUT2D eigenvalue weighted by molar-refractivity contribution is -0.149. The number of carbonyl (C=O) groups is 1. The highest BCUT2D eigenvalue weighted by molar-refractivity contribution is 7.60. The maximum absolute atomic E-state index is 10.9. The number of nitrogen functional groups attached to an aromatic ring is 1. The number of aromatic nitrogens is 3. The van der Waals surface area contributed by atoms with E-state index in [0.717, 1.165) is 0 Å². The number of carbonyl (C=O) groups excluding carboxylic acids is 1. The Kier molecular flexibility index (Phi) is 4.75. The molecule has 0 aliphatic carbocycles. The standard InChI is InChI=1S/C15H20N4O7P/c1-8(20)22-7-24-27(2)23-5-10-12(26-27)11(21)15(25-10)19-4-3-9-13(16)17-6-18-14(9)19/h3-4,6,10-12,15,21H,5,7H2,1-2H3,(H2,16,17,18)/q+1/t10-,11?,12-,15-,27?/m1/s1.